The van der Waals surface area contributed by atoms with Crippen molar-refractivity contribution in [3.63, 3.8) is 0 Å². The van der Waals surface area contributed by atoms with Gasteiger partial charge in [0, 0.05) is 5.69 Å². The highest BCUT2D eigenvalue weighted by Gasteiger charge is 2.26. The third-order valence-electron chi connectivity index (χ3n) is 4.10. The molecule has 1 heterocycles. The van der Waals surface area contributed by atoms with E-state index in [4.69, 9.17) is 10.8 Å². The van der Waals surface area contributed by atoms with E-state index in [1.54, 1.807) is 0 Å². The van der Waals surface area contributed by atoms with E-state index in [1.165, 1.54) is 35.5 Å². The molecule has 0 saturated carbocycles. The van der Waals surface area contributed by atoms with Gasteiger partial charge in [-0.1, -0.05) is 18.2 Å². The molecular formula is C16H21N3. The van der Waals surface area contributed by atoms with E-state index in [9.17, 15) is 0 Å². The van der Waals surface area contributed by atoms with Crippen LogP contribution >= 0.6 is 0 Å². The van der Waals surface area contributed by atoms with Crippen LogP contribution < -0.4 is 5.73 Å². The average Bonchev–Trinajstić information content (AvgIpc) is 2.79. The molecule has 3 nitrogen and oxygen atoms in total. The standard InChI is InChI=1S/C16H21N3/c1-12-16-13(10-11-17)6-5-9-15(16)19(18-12)14-7-3-2-4-8-14/h2-4,7-8,13H,5-6,9-11,17H2,1H3. The molecule has 1 unspecified atom stereocenters. The number of nitrogens with two attached hydrogens (primary N) is 1. The second-order valence-corrected chi connectivity index (χ2v) is 5.36. The second-order valence-electron chi connectivity index (χ2n) is 5.36. The van der Waals surface area contributed by atoms with Crippen LogP contribution in [-0.2, 0) is 6.42 Å². The third kappa shape index (κ3) is 2.19. The van der Waals surface area contributed by atoms with Crippen molar-refractivity contribution in [1.82, 2.24) is 9.78 Å². The van der Waals surface area contributed by atoms with Crippen molar-refractivity contribution in [1.29, 1.82) is 0 Å². The van der Waals surface area contributed by atoms with Crippen LogP contribution in [0.1, 0.15) is 42.1 Å². The molecule has 3 heteroatoms. The molecule has 0 aliphatic heterocycles. The topological polar surface area (TPSA) is 43.8 Å². The number of nitrogens with zero attached hydrogens (tertiary/aromatic N) is 2. The molecule has 1 aromatic heterocycles. The molecule has 2 N–H and O–H groups in total. The summed E-state index contributed by atoms with van der Waals surface area (Å²) in [6.45, 7) is 2.90. The Bertz CT molecular complexity index is 557. The maximum Gasteiger partial charge on any atom is 0.0649 e. The number of fused-ring (bicyclic) bond motifs is 1. The lowest BCUT2D eigenvalue weighted by molar-refractivity contribution is 0.517. The maximum absolute atomic E-state index is 5.76. The van der Waals surface area contributed by atoms with Gasteiger partial charge in [-0.15, -0.1) is 0 Å². The number of benzene rings is 1. The summed E-state index contributed by atoms with van der Waals surface area (Å²) in [5.41, 5.74) is 11.0. The molecule has 2 aromatic rings. The Hall–Kier alpha value is -1.61. The van der Waals surface area contributed by atoms with E-state index in [-0.39, 0.29) is 0 Å². The predicted octanol–water partition coefficient (Wildman–Crippen LogP) is 2.95. The molecule has 0 spiro atoms. The van der Waals surface area contributed by atoms with Crippen LogP contribution in [-0.4, -0.2) is 16.3 Å². The van der Waals surface area contributed by atoms with Crippen LogP contribution in [0.4, 0.5) is 0 Å². The number of hydrogen-bond acceptors (Lipinski definition) is 2. The van der Waals surface area contributed by atoms with Crippen molar-refractivity contribution in [3.8, 4) is 5.69 Å². The van der Waals surface area contributed by atoms with Crippen LogP contribution in [0.25, 0.3) is 5.69 Å². The quantitative estimate of drug-likeness (QED) is 0.916. The van der Waals surface area contributed by atoms with E-state index in [2.05, 4.69) is 35.9 Å². The first-order valence-corrected chi connectivity index (χ1v) is 7.15. The molecule has 0 radical (unpaired) electrons. The molecule has 100 valence electrons. The van der Waals surface area contributed by atoms with Crippen LogP contribution in [0.3, 0.4) is 0 Å². The van der Waals surface area contributed by atoms with Crippen molar-refractivity contribution in [3.05, 3.63) is 47.3 Å². The summed E-state index contributed by atoms with van der Waals surface area (Å²) in [5.74, 6) is 0.603. The van der Waals surface area contributed by atoms with E-state index in [1.807, 2.05) is 6.07 Å². The van der Waals surface area contributed by atoms with Gasteiger partial charge < -0.3 is 5.73 Å². The van der Waals surface area contributed by atoms with E-state index in [0.29, 0.717) is 5.92 Å². The van der Waals surface area contributed by atoms with Gasteiger partial charge in [0.2, 0.25) is 0 Å². The molecule has 3 rings (SSSR count). The van der Waals surface area contributed by atoms with Gasteiger partial charge in [-0.3, -0.25) is 0 Å². The minimum atomic E-state index is 0.603. The van der Waals surface area contributed by atoms with Gasteiger partial charge in [-0.25, -0.2) is 4.68 Å². The first kappa shape index (κ1) is 12.4. The summed E-state index contributed by atoms with van der Waals surface area (Å²) in [4.78, 5) is 0. The lowest BCUT2D eigenvalue weighted by atomic mass is 9.83. The molecule has 1 aliphatic rings. The zero-order valence-corrected chi connectivity index (χ0v) is 11.5. The Kier molecular flexibility index (Phi) is 3.38. The highest BCUT2D eigenvalue weighted by Crippen LogP contribution is 2.36. The minimum absolute atomic E-state index is 0.603. The second kappa shape index (κ2) is 5.17. The van der Waals surface area contributed by atoms with E-state index < -0.39 is 0 Å². The Balaban J connectivity index is 2.07. The first-order chi connectivity index (χ1) is 9.31. The molecular weight excluding hydrogens is 234 g/mol. The molecule has 0 saturated heterocycles. The van der Waals surface area contributed by atoms with Crippen molar-refractivity contribution < 1.29 is 0 Å². The number of rotatable bonds is 3. The van der Waals surface area contributed by atoms with Gasteiger partial charge in [0.25, 0.3) is 0 Å². The van der Waals surface area contributed by atoms with Gasteiger partial charge in [-0.05, 0) is 62.8 Å². The maximum atomic E-state index is 5.76. The Morgan fingerprint density at radius 1 is 1.32 bits per heavy atom. The Morgan fingerprint density at radius 2 is 2.11 bits per heavy atom. The monoisotopic (exact) mass is 255 g/mol. The fourth-order valence-corrected chi connectivity index (χ4v) is 3.29. The smallest absolute Gasteiger partial charge is 0.0649 e. The summed E-state index contributed by atoms with van der Waals surface area (Å²) < 4.78 is 2.13. The fourth-order valence-electron chi connectivity index (χ4n) is 3.29. The zero-order chi connectivity index (χ0) is 13.2. The predicted molar refractivity (Wildman–Crippen MR) is 77.7 cm³/mol. The lowest BCUT2D eigenvalue weighted by Gasteiger charge is -2.23. The minimum Gasteiger partial charge on any atom is -0.330 e. The van der Waals surface area contributed by atoms with Crippen LogP contribution in [0, 0.1) is 6.92 Å². The average molecular weight is 255 g/mol. The van der Waals surface area contributed by atoms with E-state index in [0.717, 1.165) is 19.4 Å². The number of aromatic nitrogens is 2. The number of para-hydroxylation sites is 1. The zero-order valence-electron chi connectivity index (χ0n) is 11.5. The largest absolute Gasteiger partial charge is 0.330 e. The molecule has 1 atom stereocenters. The summed E-state index contributed by atoms with van der Waals surface area (Å²) in [6, 6.07) is 10.4. The number of aryl methyl sites for hydroxylation is 1. The van der Waals surface area contributed by atoms with Crippen LogP contribution in [0.2, 0.25) is 0 Å². The lowest BCUT2D eigenvalue weighted by Crippen LogP contribution is -2.15. The third-order valence-corrected chi connectivity index (χ3v) is 4.10. The van der Waals surface area contributed by atoms with Crippen molar-refractivity contribution in [2.45, 2.75) is 38.5 Å². The first-order valence-electron chi connectivity index (χ1n) is 7.15. The normalized spacial score (nSPS) is 18.3. The van der Waals surface area contributed by atoms with Gasteiger partial charge in [0.15, 0.2) is 0 Å². The van der Waals surface area contributed by atoms with Gasteiger partial charge in [0.05, 0.1) is 11.4 Å². The van der Waals surface area contributed by atoms with Gasteiger partial charge >= 0.3 is 0 Å². The molecule has 0 amide bonds. The molecule has 0 fully saturated rings. The molecule has 1 aromatic carbocycles. The summed E-state index contributed by atoms with van der Waals surface area (Å²) >= 11 is 0. The highest BCUT2D eigenvalue weighted by atomic mass is 15.3. The summed E-state index contributed by atoms with van der Waals surface area (Å²) in [5, 5.41) is 4.77. The Labute approximate surface area is 114 Å². The Morgan fingerprint density at radius 3 is 2.84 bits per heavy atom. The SMILES string of the molecule is Cc1nn(-c2ccccc2)c2c1C(CCN)CCC2. The summed E-state index contributed by atoms with van der Waals surface area (Å²) in [7, 11) is 0. The van der Waals surface area contributed by atoms with Crippen LogP contribution in [0.5, 0.6) is 0 Å². The fraction of sp³-hybridized carbons (Fsp3) is 0.438. The molecule has 0 bridgehead atoms. The highest BCUT2D eigenvalue weighted by molar-refractivity contribution is 5.40. The van der Waals surface area contributed by atoms with Gasteiger partial charge in [-0.2, -0.15) is 5.10 Å². The van der Waals surface area contributed by atoms with Crippen LogP contribution in [0.15, 0.2) is 30.3 Å². The molecule has 19 heavy (non-hydrogen) atoms. The van der Waals surface area contributed by atoms with Crippen molar-refractivity contribution in [2.75, 3.05) is 6.54 Å². The summed E-state index contributed by atoms with van der Waals surface area (Å²) in [6.07, 6.45) is 4.71. The van der Waals surface area contributed by atoms with Crippen molar-refractivity contribution >= 4 is 0 Å². The van der Waals surface area contributed by atoms with Gasteiger partial charge in [0.1, 0.15) is 0 Å². The van der Waals surface area contributed by atoms with Crippen molar-refractivity contribution in [2.24, 2.45) is 5.73 Å². The number of hydrogen-bond donors (Lipinski definition) is 1. The van der Waals surface area contributed by atoms with E-state index >= 15 is 0 Å². The molecule has 1 aliphatic carbocycles.